The largest absolute Gasteiger partial charge is 0.494 e. The van der Waals surface area contributed by atoms with Gasteiger partial charge in [-0.1, -0.05) is 20.7 Å². The second kappa shape index (κ2) is 7.24. The van der Waals surface area contributed by atoms with Crippen LogP contribution in [0.5, 0.6) is 5.75 Å². The molecule has 0 unspecified atom stereocenters. The first-order chi connectivity index (χ1) is 13.7. The van der Waals surface area contributed by atoms with Gasteiger partial charge in [0, 0.05) is 16.8 Å². The minimum Gasteiger partial charge on any atom is -0.494 e. The lowest BCUT2D eigenvalue weighted by molar-refractivity contribution is 0.340. The van der Waals surface area contributed by atoms with Gasteiger partial charge in [-0.3, -0.25) is 0 Å². The third kappa shape index (κ3) is 3.83. The van der Waals surface area contributed by atoms with Gasteiger partial charge in [0.05, 0.1) is 27.6 Å². The number of sulfonamides is 1. The summed E-state index contributed by atoms with van der Waals surface area (Å²) < 4.78 is 29.5. The Morgan fingerprint density at radius 3 is 2.52 bits per heavy atom. The van der Waals surface area contributed by atoms with Crippen LogP contribution in [0.2, 0.25) is 0 Å². The predicted octanol–water partition coefficient (Wildman–Crippen LogP) is 4.42. The van der Waals surface area contributed by atoms with Gasteiger partial charge >= 0.3 is 0 Å². The molecule has 3 N–H and O–H groups in total. The van der Waals surface area contributed by atoms with Crippen LogP contribution in [0.15, 0.2) is 52.4 Å². The summed E-state index contributed by atoms with van der Waals surface area (Å²) in [6.45, 7) is 6.87. The van der Waals surface area contributed by atoms with Crippen molar-refractivity contribution in [1.29, 1.82) is 0 Å². The van der Waals surface area contributed by atoms with Gasteiger partial charge in [0.25, 0.3) is 0 Å². The van der Waals surface area contributed by atoms with E-state index in [0.717, 1.165) is 27.2 Å². The fraction of sp³-hybridized carbons (Fsp3) is 0.250. The van der Waals surface area contributed by atoms with E-state index in [9.17, 15) is 8.42 Å². The van der Waals surface area contributed by atoms with Crippen molar-refractivity contribution in [2.45, 2.75) is 31.2 Å². The van der Waals surface area contributed by atoms with Crippen molar-refractivity contribution in [2.75, 3.05) is 11.9 Å². The number of primary sulfonamides is 1. The predicted molar refractivity (Wildman–Crippen MR) is 118 cm³/mol. The first-order valence-electron chi connectivity index (χ1n) is 9.05. The van der Waals surface area contributed by atoms with E-state index in [-0.39, 0.29) is 10.4 Å². The van der Waals surface area contributed by atoms with E-state index >= 15 is 0 Å². The number of anilines is 1. The molecule has 0 radical (unpaired) electrons. The molecular weight excluding hydrogens is 426 g/mol. The number of hydrogen-bond acceptors (Lipinski definition) is 7. The Morgan fingerprint density at radius 2 is 1.86 bits per heavy atom. The normalized spacial score (nSPS) is 15.4. The maximum Gasteiger partial charge on any atom is 0.238 e. The molecule has 152 valence electrons. The van der Waals surface area contributed by atoms with E-state index in [2.05, 4.69) is 19.2 Å². The number of nitrogens with two attached hydrogens (primary N) is 1. The van der Waals surface area contributed by atoms with E-state index in [1.54, 1.807) is 32.8 Å². The average Bonchev–Trinajstić information content (AvgIpc) is 3.07. The minimum atomic E-state index is -3.72. The molecule has 0 spiro atoms. The summed E-state index contributed by atoms with van der Waals surface area (Å²) >= 11 is 0. The first-order valence-corrected chi connectivity index (χ1v) is 12.8. The van der Waals surface area contributed by atoms with Gasteiger partial charge in [0.15, 0.2) is 0 Å². The fourth-order valence-electron chi connectivity index (χ4n) is 3.31. The van der Waals surface area contributed by atoms with Crippen LogP contribution >= 0.6 is 20.7 Å². The molecular formula is C20H21N3O3S3. The Balaban J connectivity index is 1.87. The lowest BCUT2D eigenvalue weighted by Gasteiger charge is -2.33. The Bertz CT molecular complexity index is 1240. The van der Waals surface area contributed by atoms with Crippen LogP contribution in [0, 0.1) is 0 Å². The molecule has 0 fully saturated rings. The summed E-state index contributed by atoms with van der Waals surface area (Å²) in [7, 11) is -0.417. The molecule has 0 aliphatic carbocycles. The number of fused-ring (bicyclic) bond motifs is 3. The standard InChI is InChI=1S/C20H21N3O3S3/c1-4-26-13-7-10-16-15(11-13)17-18(20(2,3)23-16)27-28-19(17)22-12-5-8-14(9-6-12)29(21,24)25/h5-11,23H,4H2,1-3H3,(H2,21,24,25). The maximum atomic E-state index is 11.5. The molecule has 4 rings (SSSR count). The van der Waals surface area contributed by atoms with Gasteiger partial charge in [-0.2, -0.15) is 0 Å². The highest BCUT2D eigenvalue weighted by Crippen LogP contribution is 2.46. The molecule has 29 heavy (non-hydrogen) atoms. The number of hydrogen-bond donors (Lipinski definition) is 2. The Kier molecular flexibility index (Phi) is 5.02. The molecule has 0 saturated carbocycles. The molecule has 0 atom stereocenters. The van der Waals surface area contributed by atoms with Crippen LogP contribution in [-0.4, -0.2) is 15.0 Å². The molecule has 1 aromatic heterocycles. The molecule has 1 aliphatic rings. The van der Waals surface area contributed by atoms with Crippen LogP contribution in [0.4, 0.5) is 11.4 Å². The lowest BCUT2D eigenvalue weighted by Crippen LogP contribution is -2.31. The highest BCUT2D eigenvalue weighted by Gasteiger charge is 2.33. The molecule has 0 amide bonds. The third-order valence-electron chi connectivity index (χ3n) is 4.63. The van der Waals surface area contributed by atoms with Gasteiger partial charge < -0.3 is 10.1 Å². The quantitative estimate of drug-likeness (QED) is 0.579. The highest BCUT2D eigenvalue weighted by atomic mass is 32.9. The molecule has 9 heteroatoms. The molecule has 2 aromatic carbocycles. The van der Waals surface area contributed by atoms with Gasteiger partial charge in [-0.15, -0.1) is 0 Å². The second-order valence-electron chi connectivity index (χ2n) is 7.22. The Morgan fingerprint density at radius 1 is 1.14 bits per heavy atom. The number of benzene rings is 2. The van der Waals surface area contributed by atoms with Crippen molar-refractivity contribution < 1.29 is 13.2 Å². The number of rotatable bonds is 4. The summed E-state index contributed by atoms with van der Waals surface area (Å²) in [5.41, 5.74) is 3.64. The lowest BCUT2D eigenvalue weighted by atomic mass is 9.90. The van der Waals surface area contributed by atoms with Crippen molar-refractivity contribution in [3.63, 3.8) is 0 Å². The monoisotopic (exact) mass is 447 g/mol. The molecule has 6 nitrogen and oxygen atoms in total. The zero-order valence-corrected chi connectivity index (χ0v) is 18.7. The van der Waals surface area contributed by atoms with E-state index < -0.39 is 10.0 Å². The van der Waals surface area contributed by atoms with E-state index in [4.69, 9.17) is 14.9 Å². The summed E-state index contributed by atoms with van der Waals surface area (Å²) in [6, 6.07) is 12.3. The number of nitrogens with zero attached hydrogens (tertiary/aromatic N) is 1. The maximum absolute atomic E-state index is 11.5. The number of ether oxygens (including phenoxy) is 1. The summed E-state index contributed by atoms with van der Waals surface area (Å²) in [4.78, 5) is 6.09. The van der Waals surface area contributed by atoms with E-state index in [1.165, 1.54) is 17.0 Å². The fourth-order valence-corrected chi connectivity index (χ4v) is 6.76. The zero-order chi connectivity index (χ0) is 20.8. The minimum absolute atomic E-state index is 0.0736. The zero-order valence-electron chi connectivity index (χ0n) is 16.2. The first kappa shape index (κ1) is 20.1. The van der Waals surface area contributed by atoms with Gasteiger partial charge in [-0.05, 0) is 63.2 Å². The molecule has 3 aromatic rings. The topological polar surface area (TPSA) is 93.8 Å². The van der Waals surface area contributed by atoms with Crippen LogP contribution in [-0.2, 0) is 15.6 Å². The second-order valence-corrected chi connectivity index (χ2v) is 10.9. The summed E-state index contributed by atoms with van der Waals surface area (Å²) in [6.07, 6.45) is 0. The van der Waals surface area contributed by atoms with Crippen molar-refractivity contribution in [1.82, 2.24) is 0 Å². The summed E-state index contributed by atoms with van der Waals surface area (Å²) in [5.74, 6) is 0.818. The SMILES string of the molecule is CCOc1ccc2c(c1)-c1c(ssc1=Nc1ccc(S(N)(=O)=O)cc1)C(C)(C)N2. The molecule has 0 saturated heterocycles. The molecule has 1 aliphatic heterocycles. The van der Waals surface area contributed by atoms with Gasteiger partial charge in [0.1, 0.15) is 10.4 Å². The third-order valence-corrected chi connectivity index (χ3v) is 8.20. The van der Waals surface area contributed by atoms with Crippen molar-refractivity contribution >= 4 is 42.1 Å². The van der Waals surface area contributed by atoms with Crippen molar-refractivity contribution in [3.05, 3.63) is 52.0 Å². The van der Waals surface area contributed by atoms with Crippen molar-refractivity contribution in [3.8, 4) is 16.9 Å². The molecule has 0 bridgehead atoms. The van der Waals surface area contributed by atoms with Crippen molar-refractivity contribution in [2.24, 2.45) is 10.1 Å². The van der Waals surface area contributed by atoms with Gasteiger partial charge in [-0.25, -0.2) is 18.5 Å². The van der Waals surface area contributed by atoms with Crippen LogP contribution in [0.25, 0.3) is 11.1 Å². The Hall–Kier alpha value is -2.20. The molecule has 2 heterocycles. The van der Waals surface area contributed by atoms with E-state index in [0.29, 0.717) is 12.3 Å². The van der Waals surface area contributed by atoms with Crippen LogP contribution in [0.1, 0.15) is 25.6 Å². The smallest absolute Gasteiger partial charge is 0.238 e. The average molecular weight is 448 g/mol. The Labute approximate surface area is 177 Å². The van der Waals surface area contributed by atoms with Crippen LogP contribution < -0.4 is 19.9 Å². The van der Waals surface area contributed by atoms with Crippen LogP contribution in [0.3, 0.4) is 0 Å². The summed E-state index contributed by atoms with van der Waals surface area (Å²) in [5, 5.41) is 8.78. The van der Waals surface area contributed by atoms with E-state index in [1.807, 2.05) is 25.1 Å². The highest BCUT2D eigenvalue weighted by molar-refractivity contribution is 7.89. The van der Waals surface area contributed by atoms with Gasteiger partial charge in [0.2, 0.25) is 10.0 Å². The number of nitrogens with one attached hydrogen (secondary N) is 1.